The highest BCUT2D eigenvalue weighted by Gasteiger charge is 2.28. The fraction of sp³-hybridized carbons (Fsp3) is 0.714. The van der Waals surface area contributed by atoms with E-state index in [-0.39, 0.29) is 5.91 Å². The summed E-state index contributed by atoms with van der Waals surface area (Å²) in [5.41, 5.74) is 6.54. The van der Waals surface area contributed by atoms with Crippen LogP contribution in [0.25, 0.3) is 0 Å². The lowest BCUT2D eigenvalue weighted by Gasteiger charge is -2.40. The molecule has 1 aromatic rings. The summed E-state index contributed by atoms with van der Waals surface area (Å²) in [6.07, 6.45) is 6.20. The Bertz CT molecular complexity index is 639. The second-order valence-corrected chi connectivity index (χ2v) is 8.27. The molecule has 7 nitrogen and oxygen atoms in total. The van der Waals surface area contributed by atoms with E-state index in [1.54, 1.807) is 6.20 Å². The SMILES string of the molecule is NCC1CCCN(c2ccc(C(=O)N3CCC(N4CCOCC4)CC3)cn2)C1. The Morgan fingerprint density at radius 3 is 2.57 bits per heavy atom. The van der Waals surface area contributed by atoms with Gasteiger partial charge in [-0.05, 0) is 50.3 Å². The Balaban J connectivity index is 1.31. The lowest BCUT2D eigenvalue weighted by atomic mass is 9.98. The predicted octanol–water partition coefficient (Wildman–Crippen LogP) is 1.19. The van der Waals surface area contributed by atoms with E-state index >= 15 is 0 Å². The monoisotopic (exact) mass is 387 g/mol. The van der Waals surface area contributed by atoms with Crippen LogP contribution in [0.2, 0.25) is 0 Å². The van der Waals surface area contributed by atoms with Crippen molar-refractivity contribution in [1.82, 2.24) is 14.8 Å². The average Bonchev–Trinajstić information content (AvgIpc) is 2.79. The third kappa shape index (κ3) is 4.47. The summed E-state index contributed by atoms with van der Waals surface area (Å²) >= 11 is 0. The second kappa shape index (κ2) is 9.20. The number of carbonyl (C=O) groups excluding carboxylic acids is 1. The molecular weight excluding hydrogens is 354 g/mol. The summed E-state index contributed by atoms with van der Waals surface area (Å²) in [5.74, 6) is 1.61. The van der Waals surface area contributed by atoms with Gasteiger partial charge in [-0.1, -0.05) is 0 Å². The van der Waals surface area contributed by atoms with Crippen LogP contribution in [0.15, 0.2) is 18.3 Å². The number of hydrogen-bond acceptors (Lipinski definition) is 6. The van der Waals surface area contributed by atoms with Crippen LogP contribution in [-0.2, 0) is 4.74 Å². The van der Waals surface area contributed by atoms with Crippen molar-refractivity contribution in [1.29, 1.82) is 0 Å². The van der Waals surface area contributed by atoms with Crippen LogP contribution < -0.4 is 10.6 Å². The van der Waals surface area contributed by atoms with Crippen molar-refractivity contribution in [3.8, 4) is 0 Å². The number of morpholine rings is 1. The summed E-state index contributed by atoms with van der Waals surface area (Å²) in [4.78, 5) is 24.3. The lowest BCUT2D eigenvalue weighted by Crippen LogP contribution is -2.50. The summed E-state index contributed by atoms with van der Waals surface area (Å²) in [6.45, 7) is 8.07. The van der Waals surface area contributed by atoms with Gasteiger partial charge in [-0.15, -0.1) is 0 Å². The maximum atomic E-state index is 12.9. The standard InChI is InChI=1S/C21H33N5O2/c22-14-17-2-1-7-26(16-17)20-4-3-18(15-23-20)21(27)25-8-5-19(6-9-25)24-10-12-28-13-11-24/h3-4,15,17,19H,1-2,5-14,16,22H2. The normalized spacial score (nSPS) is 25.1. The zero-order valence-corrected chi connectivity index (χ0v) is 16.8. The molecule has 0 saturated carbocycles. The number of amides is 1. The Morgan fingerprint density at radius 1 is 1.11 bits per heavy atom. The van der Waals surface area contributed by atoms with E-state index in [1.807, 2.05) is 17.0 Å². The first-order chi connectivity index (χ1) is 13.7. The first-order valence-electron chi connectivity index (χ1n) is 10.8. The number of pyridine rings is 1. The summed E-state index contributed by atoms with van der Waals surface area (Å²) in [7, 11) is 0. The number of piperidine rings is 2. The van der Waals surface area contributed by atoms with E-state index in [0.29, 0.717) is 17.5 Å². The van der Waals surface area contributed by atoms with E-state index in [0.717, 1.165) is 84.1 Å². The third-order valence-electron chi connectivity index (χ3n) is 6.48. The zero-order chi connectivity index (χ0) is 19.3. The molecule has 3 saturated heterocycles. The van der Waals surface area contributed by atoms with Gasteiger partial charge in [0.1, 0.15) is 5.82 Å². The zero-order valence-electron chi connectivity index (χ0n) is 16.8. The highest BCUT2D eigenvalue weighted by Crippen LogP contribution is 2.23. The number of hydrogen-bond donors (Lipinski definition) is 1. The Labute approximate surface area is 167 Å². The molecule has 154 valence electrons. The van der Waals surface area contributed by atoms with E-state index < -0.39 is 0 Å². The van der Waals surface area contributed by atoms with Crippen LogP contribution in [-0.4, -0.2) is 85.8 Å². The fourth-order valence-corrected chi connectivity index (χ4v) is 4.72. The van der Waals surface area contributed by atoms with Crippen LogP contribution >= 0.6 is 0 Å². The van der Waals surface area contributed by atoms with Gasteiger partial charge < -0.3 is 20.3 Å². The molecule has 0 radical (unpaired) electrons. The number of likely N-dealkylation sites (tertiary alicyclic amines) is 1. The van der Waals surface area contributed by atoms with E-state index in [1.165, 1.54) is 6.42 Å². The maximum absolute atomic E-state index is 12.9. The van der Waals surface area contributed by atoms with Gasteiger partial charge in [-0.2, -0.15) is 0 Å². The van der Waals surface area contributed by atoms with Crippen LogP contribution in [0.4, 0.5) is 5.82 Å². The van der Waals surface area contributed by atoms with Gasteiger partial charge in [0, 0.05) is 51.5 Å². The first kappa shape index (κ1) is 19.6. The minimum absolute atomic E-state index is 0.109. The topological polar surface area (TPSA) is 74.9 Å². The quantitative estimate of drug-likeness (QED) is 0.837. The molecule has 3 aliphatic rings. The minimum Gasteiger partial charge on any atom is -0.379 e. The van der Waals surface area contributed by atoms with Gasteiger partial charge >= 0.3 is 0 Å². The first-order valence-corrected chi connectivity index (χ1v) is 10.8. The molecule has 4 rings (SSSR count). The van der Waals surface area contributed by atoms with Crippen LogP contribution in [0.3, 0.4) is 0 Å². The van der Waals surface area contributed by atoms with Gasteiger partial charge in [-0.25, -0.2) is 4.98 Å². The van der Waals surface area contributed by atoms with E-state index in [9.17, 15) is 4.79 Å². The van der Waals surface area contributed by atoms with Crippen LogP contribution in [0, 0.1) is 5.92 Å². The molecule has 1 atom stereocenters. The van der Waals surface area contributed by atoms with E-state index in [2.05, 4.69) is 14.8 Å². The van der Waals surface area contributed by atoms with Crippen molar-refractivity contribution in [2.24, 2.45) is 11.7 Å². The Morgan fingerprint density at radius 2 is 1.89 bits per heavy atom. The number of nitrogens with two attached hydrogens (primary N) is 1. The number of rotatable bonds is 4. The van der Waals surface area contributed by atoms with Crippen molar-refractivity contribution in [2.75, 3.05) is 63.9 Å². The number of anilines is 1. The number of nitrogens with zero attached hydrogens (tertiary/aromatic N) is 4. The number of carbonyl (C=O) groups is 1. The molecular formula is C21H33N5O2. The molecule has 4 heterocycles. The highest BCUT2D eigenvalue weighted by molar-refractivity contribution is 5.94. The number of ether oxygens (including phenoxy) is 1. The molecule has 2 N–H and O–H groups in total. The van der Waals surface area contributed by atoms with Gasteiger partial charge in [-0.3, -0.25) is 9.69 Å². The Kier molecular flexibility index (Phi) is 6.44. The van der Waals surface area contributed by atoms with Gasteiger partial charge in [0.2, 0.25) is 0 Å². The average molecular weight is 388 g/mol. The molecule has 0 aromatic carbocycles. The van der Waals surface area contributed by atoms with Gasteiger partial charge in [0.05, 0.1) is 18.8 Å². The van der Waals surface area contributed by atoms with Crippen molar-refractivity contribution in [3.63, 3.8) is 0 Å². The van der Waals surface area contributed by atoms with Crippen molar-refractivity contribution in [3.05, 3.63) is 23.9 Å². The minimum atomic E-state index is 0.109. The molecule has 28 heavy (non-hydrogen) atoms. The van der Waals surface area contributed by atoms with Crippen LogP contribution in [0.5, 0.6) is 0 Å². The second-order valence-electron chi connectivity index (χ2n) is 8.27. The molecule has 0 aliphatic carbocycles. The molecule has 1 amide bonds. The van der Waals surface area contributed by atoms with Crippen molar-refractivity contribution >= 4 is 11.7 Å². The fourth-order valence-electron chi connectivity index (χ4n) is 4.72. The van der Waals surface area contributed by atoms with Crippen molar-refractivity contribution < 1.29 is 9.53 Å². The predicted molar refractivity (Wildman–Crippen MR) is 110 cm³/mol. The molecule has 3 fully saturated rings. The molecule has 0 bridgehead atoms. The molecule has 0 spiro atoms. The number of aromatic nitrogens is 1. The Hall–Kier alpha value is -1.70. The lowest BCUT2D eigenvalue weighted by molar-refractivity contribution is 0.00158. The summed E-state index contributed by atoms with van der Waals surface area (Å²) in [6, 6.07) is 4.51. The molecule has 1 unspecified atom stereocenters. The van der Waals surface area contributed by atoms with Gasteiger partial charge in [0.15, 0.2) is 0 Å². The third-order valence-corrected chi connectivity index (χ3v) is 6.48. The highest BCUT2D eigenvalue weighted by atomic mass is 16.5. The molecule has 3 aliphatic heterocycles. The maximum Gasteiger partial charge on any atom is 0.255 e. The van der Waals surface area contributed by atoms with Gasteiger partial charge in [0.25, 0.3) is 5.91 Å². The van der Waals surface area contributed by atoms with Crippen molar-refractivity contribution in [2.45, 2.75) is 31.7 Å². The largest absolute Gasteiger partial charge is 0.379 e. The molecule has 7 heteroatoms. The van der Waals surface area contributed by atoms with Crippen LogP contribution in [0.1, 0.15) is 36.0 Å². The summed E-state index contributed by atoms with van der Waals surface area (Å²) in [5, 5.41) is 0. The van der Waals surface area contributed by atoms with E-state index in [4.69, 9.17) is 10.5 Å². The molecule has 1 aromatic heterocycles. The summed E-state index contributed by atoms with van der Waals surface area (Å²) < 4.78 is 5.45. The smallest absolute Gasteiger partial charge is 0.255 e.